The van der Waals surface area contributed by atoms with Crippen LogP contribution in [0.1, 0.15) is 5.56 Å². The van der Waals surface area contributed by atoms with Crippen molar-refractivity contribution < 1.29 is 14.3 Å². The average molecular weight is 243 g/mol. The van der Waals surface area contributed by atoms with Crippen LogP contribution in [0.2, 0.25) is 5.02 Å². The van der Waals surface area contributed by atoms with Crippen molar-refractivity contribution in [2.75, 3.05) is 0 Å². The van der Waals surface area contributed by atoms with E-state index < -0.39 is 11.9 Å². The Labute approximate surface area is 95.2 Å². The molecule has 0 aliphatic carbocycles. The molecule has 0 N–H and O–H groups in total. The van der Waals surface area contributed by atoms with E-state index in [1.165, 1.54) is 0 Å². The molecular formula is C10H4Cl2O3. The Balaban J connectivity index is 2.51. The first-order valence-corrected chi connectivity index (χ1v) is 4.77. The summed E-state index contributed by atoms with van der Waals surface area (Å²) in [4.78, 5) is 22.2. The Hall–Kier alpha value is -1.32. The molecule has 0 atom stereocenters. The van der Waals surface area contributed by atoms with Crippen LogP contribution in [0.25, 0.3) is 5.57 Å². The molecule has 1 heterocycles. The van der Waals surface area contributed by atoms with Crippen LogP contribution in [0.5, 0.6) is 0 Å². The maximum absolute atomic E-state index is 11.3. The molecule has 1 aliphatic heterocycles. The first-order valence-electron chi connectivity index (χ1n) is 4.02. The van der Waals surface area contributed by atoms with Gasteiger partial charge in [-0.3, -0.25) is 0 Å². The van der Waals surface area contributed by atoms with Crippen LogP contribution < -0.4 is 0 Å². The van der Waals surface area contributed by atoms with E-state index in [2.05, 4.69) is 4.74 Å². The molecule has 1 aromatic carbocycles. The van der Waals surface area contributed by atoms with Gasteiger partial charge in [0.15, 0.2) is 0 Å². The predicted molar refractivity (Wildman–Crippen MR) is 55.3 cm³/mol. The zero-order chi connectivity index (χ0) is 11.0. The van der Waals surface area contributed by atoms with Crippen molar-refractivity contribution in [1.82, 2.24) is 0 Å². The fraction of sp³-hybridized carbons (Fsp3) is 0. The average Bonchev–Trinajstić information content (AvgIpc) is 2.44. The number of cyclic esters (lactones) is 2. The highest BCUT2D eigenvalue weighted by atomic mass is 35.5. The van der Waals surface area contributed by atoms with Crippen molar-refractivity contribution in [3.8, 4) is 0 Å². The van der Waals surface area contributed by atoms with Gasteiger partial charge in [-0.2, -0.15) is 0 Å². The van der Waals surface area contributed by atoms with Crippen LogP contribution in [0.15, 0.2) is 29.3 Å². The van der Waals surface area contributed by atoms with Gasteiger partial charge in [0.25, 0.3) is 0 Å². The Bertz CT molecular complexity index is 474. The molecule has 0 spiro atoms. The van der Waals surface area contributed by atoms with Crippen molar-refractivity contribution in [2.45, 2.75) is 0 Å². The summed E-state index contributed by atoms with van der Waals surface area (Å²) in [6.07, 6.45) is 0. The van der Waals surface area contributed by atoms with Crippen LogP contribution in [-0.2, 0) is 14.3 Å². The fourth-order valence-corrected chi connectivity index (χ4v) is 1.58. The van der Waals surface area contributed by atoms with Gasteiger partial charge < -0.3 is 4.74 Å². The molecule has 2 rings (SSSR count). The van der Waals surface area contributed by atoms with Crippen LogP contribution >= 0.6 is 23.2 Å². The molecule has 1 aliphatic rings. The van der Waals surface area contributed by atoms with Crippen LogP contribution in [0.4, 0.5) is 0 Å². The molecule has 3 nitrogen and oxygen atoms in total. The summed E-state index contributed by atoms with van der Waals surface area (Å²) in [5.41, 5.74) is 0.596. The van der Waals surface area contributed by atoms with Crippen molar-refractivity contribution in [1.29, 1.82) is 0 Å². The lowest BCUT2D eigenvalue weighted by molar-refractivity contribution is -0.149. The van der Waals surface area contributed by atoms with Crippen molar-refractivity contribution in [3.63, 3.8) is 0 Å². The van der Waals surface area contributed by atoms with E-state index in [4.69, 9.17) is 23.2 Å². The molecule has 76 valence electrons. The van der Waals surface area contributed by atoms with E-state index in [-0.39, 0.29) is 10.6 Å². The Morgan fingerprint density at radius 1 is 0.933 bits per heavy atom. The number of halogens is 2. The molecule has 15 heavy (non-hydrogen) atoms. The molecule has 5 heteroatoms. The van der Waals surface area contributed by atoms with Gasteiger partial charge in [0.1, 0.15) is 5.03 Å². The maximum atomic E-state index is 11.3. The molecule has 0 fully saturated rings. The molecule has 0 amide bonds. The number of carbonyl (C=O) groups is 2. The fourth-order valence-electron chi connectivity index (χ4n) is 1.23. The summed E-state index contributed by atoms with van der Waals surface area (Å²) < 4.78 is 4.35. The number of ether oxygens (including phenoxy) is 1. The lowest BCUT2D eigenvalue weighted by Gasteiger charge is -1.98. The SMILES string of the molecule is O=C1OC(=O)C(c2ccc(Cl)cc2)=C1Cl. The predicted octanol–water partition coefficient (Wildman–Crippen LogP) is 2.37. The van der Waals surface area contributed by atoms with Crippen LogP contribution in [0, 0.1) is 0 Å². The van der Waals surface area contributed by atoms with E-state index in [9.17, 15) is 9.59 Å². The first-order chi connectivity index (χ1) is 7.09. The second-order valence-corrected chi connectivity index (χ2v) is 3.69. The van der Waals surface area contributed by atoms with Crippen molar-refractivity contribution in [2.24, 2.45) is 0 Å². The van der Waals surface area contributed by atoms with Crippen molar-refractivity contribution in [3.05, 3.63) is 39.9 Å². The summed E-state index contributed by atoms with van der Waals surface area (Å²) in [6.45, 7) is 0. The third-order valence-corrected chi connectivity index (χ3v) is 2.52. The maximum Gasteiger partial charge on any atom is 0.358 e. The molecule has 0 saturated carbocycles. The van der Waals surface area contributed by atoms with Crippen LogP contribution in [-0.4, -0.2) is 11.9 Å². The molecule has 0 bridgehead atoms. The van der Waals surface area contributed by atoms with Crippen LogP contribution in [0.3, 0.4) is 0 Å². The quantitative estimate of drug-likeness (QED) is 0.561. The van der Waals surface area contributed by atoms with Gasteiger partial charge in [-0.1, -0.05) is 35.3 Å². The normalized spacial score (nSPS) is 15.9. The number of esters is 2. The number of hydrogen-bond acceptors (Lipinski definition) is 3. The highest BCUT2D eigenvalue weighted by Crippen LogP contribution is 2.29. The monoisotopic (exact) mass is 242 g/mol. The van der Waals surface area contributed by atoms with Gasteiger partial charge in [-0.25, -0.2) is 9.59 Å². The highest BCUT2D eigenvalue weighted by molar-refractivity contribution is 6.52. The lowest BCUT2D eigenvalue weighted by atomic mass is 10.1. The Morgan fingerprint density at radius 2 is 1.53 bits per heavy atom. The largest absolute Gasteiger partial charge is 0.385 e. The zero-order valence-corrected chi connectivity index (χ0v) is 8.80. The number of carbonyl (C=O) groups excluding carboxylic acids is 2. The zero-order valence-electron chi connectivity index (χ0n) is 7.29. The van der Waals surface area contributed by atoms with Gasteiger partial charge in [0.2, 0.25) is 0 Å². The minimum atomic E-state index is -0.813. The second-order valence-electron chi connectivity index (χ2n) is 2.87. The van der Waals surface area contributed by atoms with Gasteiger partial charge in [0, 0.05) is 5.02 Å². The Morgan fingerprint density at radius 3 is 2.00 bits per heavy atom. The third-order valence-electron chi connectivity index (χ3n) is 1.92. The highest BCUT2D eigenvalue weighted by Gasteiger charge is 2.32. The van der Waals surface area contributed by atoms with Gasteiger partial charge in [0.05, 0.1) is 5.57 Å². The molecule has 1 aromatic rings. The number of hydrogen-bond donors (Lipinski definition) is 0. The number of benzene rings is 1. The topological polar surface area (TPSA) is 43.4 Å². The second kappa shape index (κ2) is 3.68. The summed E-state index contributed by atoms with van der Waals surface area (Å²) in [6, 6.07) is 6.40. The van der Waals surface area contributed by atoms with E-state index >= 15 is 0 Å². The Kier molecular flexibility index (Phi) is 2.50. The van der Waals surface area contributed by atoms with E-state index in [0.717, 1.165) is 0 Å². The molecule has 0 unspecified atom stereocenters. The van der Waals surface area contributed by atoms with Crippen molar-refractivity contribution >= 4 is 40.7 Å². The van der Waals surface area contributed by atoms with E-state index in [1.54, 1.807) is 24.3 Å². The van der Waals surface area contributed by atoms with E-state index in [1.807, 2.05) is 0 Å². The minimum absolute atomic E-state index is 0.0818. The molecule has 0 radical (unpaired) electrons. The standard InChI is InChI=1S/C10H4Cl2O3/c11-6-3-1-5(2-4-6)7-8(12)10(14)15-9(7)13/h1-4H. The first kappa shape index (κ1) is 10.2. The smallest absolute Gasteiger partial charge is 0.358 e. The number of rotatable bonds is 1. The van der Waals surface area contributed by atoms with Gasteiger partial charge in [-0.15, -0.1) is 0 Å². The summed E-state index contributed by atoms with van der Waals surface area (Å²) in [5, 5.41) is 0.343. The lowest BCUT2D eigenvalue weighted by Crippen LogP contribution is -2.01. The van der Waals surface area contributed by atoms with Gasteiger partial charge in [-0.05, 0) is 17.7 Å². The molecular weight excluding hydrogens is 239 g/mol. The summed E-state index contributed by atoms with van der Waals surface area (Å²) >= 11 is 11.3. The summed E-state index contributed by atoms with van der Waals surface area (Å²) in [5.74, 6) is -1.54. The molecule has 0 aromatic heterocycles. The molecule has 0 saturated heterocycles. The summed E-state index contributed by atoms with van der Waals surface area (Å²) in [7, 11) is 0. The minimum Gasteiger partial charge on any atom is -0.385 e. The third kappa shape index (κ3) is 1.76. The van der Waals surface area contributed by atoms with E-state index in [0.29, 0.717) is 10.6 Å². The van der Waals surface area contributed by atoms with Gasteiger partial charge >= 0.3 is 11.9 Å².